The predicted molar refractivity (Wildman–Crippen MR) is 143 cm³/mol. The number of carbonyl (C=O) groups excluding carboxylic acids is 3. The van der Waals surface area contributed by atoms with Gasteiger partial charge in [-0.3, -0.25) is 4.79 Å². The summed E-state index contributed by atoms with van der Waals surface area (Å²) in [6, 6.07) is 0. The van der Waals surface area contributed by atoms with Crippen LogP contribution in [0.25, 0.3) is 0 Å². The molecule has 12 nitrogen and oxygen atoms in total. The molecule has 0 amide bonds. The Morgan fingerprint density at radius 3 is 2.58 bits per heavy atom. The number of esters is 2. The first-order chi connectivity index (χ1) is 20.4. The quantitative estimate of drug-likeness (QED) is 0.198. The highest BCUT2D eigenvalue weighted by Gasteiger charge is 2.73. The van der Waals surface area contributed by atoms with Gasteiger partial charge in [0.25, 0.3) is 0 Å². The van der Waals surface area contributed by atoms with Gasteiger partial charge in [0.15, 0.2) is 0 Å². The van der Waals surface area contributed by atoms with E-state index in [0.717, 1.165) is 11.9 Å². The maximum Gasteiger partial charge on any atom is 0.331 e. The average Bonchev–Trinajstić information content (AvgIpc) is 3.47. The van der Waals surface area contributed by atoms with Crippen LogP contribution >= 0.6 is 0 Å². The molecule has 43 heavy (non-hydrogen) atoms. The van der Waals surface area contributed by atoms with Crippen molar-refractivity contribution >= 4 is 18.2 Å². The molecule has 2 saturated heterocycles. The van der Waals surface area contributed by atoms with Crippen molar-refractivity contribution in [1.29, 1.82) is 0 Å². The van der Waals surface area contributed by atoms with Crippen LogP contribution in [0, 0.1) is 34.5 Å². The maximum atomic E-state index is 13.3. The lowest BCUT2D eigenvalue weighted by Crippen LogP contribution is -2.71. The van der Waals surface area contributed by atoms with Gasteiger partial charge < -0.3 is 48.9 Å². The molecule has 0 bridgehead atoms. The van der Waals surface area contributed by atoms with Crippen molar-refractivity contribution in [2.24, 2.45) is 34.5 Å². The van der Waals surface area contributed by atoms with Gasteiger partial charge in [0, 0.05) is 42.6 Å². The Morgan fingerprint density at radius 1 is 1.12 bits per heavy atom. The summed E-state index contributed by atoms with van der Waals surface area (Å²) in [7, 11) is 0. The topological polar surface area (TPSA) is 178 Å². The zero-order valence-corrected chi connectivity index (χ0v) is 24.6. The first kappa shape index (κ1) is 29.8. The van der Waals surface area contributed by atoms with E-state index in [1.807, 2.05) is 6.92 Å². The van der Waals surface area contributed by atoms with E-state index in [-0.39, 0.29) is 50.2 Å². The number of ether oxygens (including phenoxy) is 5. The molecule has 0 aromatic rings. The molecule has 14 atom stereocenters. The average molecular weight is 607 g/mol. The summed E-state index contributed by atoms with van der Waals surface area (Å²) in [4.78, 5) is 37.5. The molecule has 4 saturated carbocycles. The highest BCUT2D eigenvalue weighted by atomic mass is 16.8. The van der Waals surface area contributed by atoms with Gasteiger partial charge in [0.05, 0.1) is 30.5 Å². The lowest BCUT2D eigenvalue weighted by Gasteiger charge is -2.64. The van der Waals surface area contributed by atoms with E-state index >= 15 is 0 Å². The number of aldehydes is 1. The number of hydrogen-bond donors (Lipinski definition) is 4. The van der Waals surface area contributed by atoms with Crippen LogP contribution in [0.3, 0.4) is 0 Å². The minimum Gasteiger partial charge on any atom is -0.462 e. The van der Waals surface area contributed by atoms with Crippen molar-refractivity contribution in [3.8, 4) is 0 Å². The van der Waals surface area contributed by atoms with Gasteiger partial charge >= 0.3 is 11.9 Å². The third kappa shape index (κ3) is 4.10. The Labute approximate surface area is 249 Å². The van der Waals surface area contributed by atoms with Gasteiger partial charge in [-0.2, -0.15) is 0 Å². The predicted octanol–water partition coefficient (Wildman–Crippen LogP) is 0.515. The summed E-state index contributed by atoms with van der Waals surface area (Å²) >= 11 is 0. The van der Waals surface area contributed by atoms with Crippen LogP contribution in [-0.2, 0) is 38.1 Å². The molecular weight excluding hydrogens is 564 g/mol. The molecule has 3 heterocycles. The summed E-state index contributed by atoms with van der Waals surface area (Å²) in [6.07, 6.45) is 0.808. The van der Waals surface area contributed by atoms with Crippen LogP contribution in [0.2, 0.25) is 0 Å². The molecule has 0 radical (unpaired) electrons. The van der Waals surface area contributed by atoms with Gasteiger partial charge in [0.2, 0.25) is 12.1 Å². The molecule has 0 spiro atoms. The molecule has 3 aliphatic heterocycles. The van der Waals surface area contributed by atoms with E-state index in [2.05, 4.69) is 0 Å². The summed E-state index contributed by atoms with van der Waals surface area (Å²) in [6.45, 7) is 3.12. The maximum absolute atomic E-state index is 13.3. The third-order valence-corrected chi connectivity index (χ3v) is 12.5. The van der Waals surface area contributed by atoms with E-state index in [0.29, 0.717) is 32.1 Å². The number of cyclic esters (lactones) is 1. The molecule has 0 aromatic heterocycles. The number of hydrogen-bond acceptors (Lipinski definition) is 12. The van der Waals surface area contributed by atoms with Crippen LogP contribution in [0.1, 0.15) is 65.2 Å². The lowest BCUT2D eigenvalue weighted by atomic mass is 9.42. The van der Waals surface area contributed by atoms with Crippen LogP contribution in [0.4, 0.5) is 0 Å². The molecular formula is C31H42O12. The highest BCUT2D eigenvalue weighted by molar-refractivity contribution is 5.85. The van der Waals surface area contributed by atoms with E-state index in [1.165, 1.54) is 13.0 Å². The van der Waals surface area contributed by atoms with Crippen molar-refractivity contribution in [3.63, 3.8) is 0 Å². The van der Waals surface area contributed by atoms with Gasteiger partial charge in [0.1, 0.15) is 25.1 Å². The fourth-order valence-electron chi connectivity index (χ4n) is 10.6. The van der Waals surface area contributed by atoms with Crippen molar-refractivity contribution < 1.29 is 58.5 Å². The number of aliphatic hydroxyl groups excluding tert-OH is 2. The lowest BCUT2D eigenvalue weighted by molar-refractivity contribution is -0.459. The number of aliphatic hydroxyl groups is 4. The Kier molecular flexibility index (Phi) is 6.95. The Bertz CT molecular complexity index is 1220. The van der Waals surface area contributed by atoms with Crippen LogP contribution in [0.5, 0.6) is 0 Å². The van der Waals surface area contributed by atoms with Crippen LogP contribution in [-0.4, -0.2) is 100 Å². The van der Waals surface area contributed by atoms with Crippen LogP contribution in [0.15, 0.2) is 11.6 Å². The third-order valence-electron chi connectivity index (χ3n) is 12.5. The summed E-state index contributed by atoms with van der Waals surface area (Å²) < 4.78 is 29.1. The molecule has 2 unspecified atom stereocenters. The Morgan fingerprint density at radius 2 is 1.91 bits per heavy atom. The molecule has 7 aliphatic rings. The van der Waals surface area contributed by atoms with E-state index < -0.39 is 76.9 Å². The van der Waals surface area contributed by atoms with Crippen molar-refractivity contribution in [2.75, 3.05) is 13.2 Å². The van der Waals surface area contributed by atoms with Gasteiger partial charge in [-0.1, -0.05) is 6.92 Å². The second-order valence-corrected chi connectivity index (χ2v) is 14.3. The minimum atomic E-state index is -2.13. The van der Waals surface area contributed by atoms with Crippen LogP contribution < -0.4 is 0 Å². The van der Waals surface area contributed by atoms with E-state index in [9.17, 15) is 34.8 Å². The highest BCUT2D eigenvalue weighted by Crippen LogP contribution is 2.70. The second-order valence-electron chi connectivity index (χ2n) is 14.3. The van der Waals surface area contributed by atoms with Crippen molar-refractivity contribution in [3.05, 3.63) is 11.6 Å². The summed E-state index contributed by atoms with van der Waals surface area (Å²) in [5, 5.41) is 44.4. The van der Waals surface area contributed by atoms with Crippen molar-refractivity contribution in [1.82, 2.24) is 0 Å². The molecule has 238 valence electrons. The molecule has 4 N–H and O–H groups in total. The molecule has 0 aromatic carbocycles. The summed E-state index contributed by atoms with van der Waals surface area (Å²) in [5.41, 5.74) is -2.13. The second kappa shape index (κ2) is 10.0. The fourth-order valence-corrected chi connectivity index (χ4v) is 10.6. The largest absolute Gasteiger partial charge is 0.462 e. The normalized spacial score (nSPS) is 53.7. The van der Waals surface area contributed by atoms with Gasteiger partial charge in [-0.05, 0) is 61.9 Å². The van der Waals surface area contributed by atoms with E-state index in [1.54, 1.807) is 0 Å². The zero-order valence-electron chi connectivity index (χ0n) is 24.6. The number of fused-ring (bicyclic) bond motifs is 7. The van der Waals surface area contributed by atoms with Crippen molar-refractivity contribution in [2.45, 2.75) is 113 Å². The molecule has 4 aliphatic carbocycles. The zero-order chi connectivity index (χ0) is 30.5. The first-order valence-electron chi connectivity index (χ1n) is 15.6. The van der Waals surface area contributed by atoms with Gasteiger partial charge in [-0.25, -0.2) is 4.79 Å². The SMILES string of the molecule is CC(=O)O[C@@H]1C[C@]2(O)C3CC[C@H]4C[C@H]5O[C@@H]6O[C@H](CO)C[C@@H](O)[C@]6(O)O[C@@H]5C[C@]4(C=O)C3CC[C@]2(C)[C@H]1C1=CC(=O)OC1. The fraction of sp³-hybridized carbons (Fsp3) is 0.839. The summed E-state index contributed by atoms with van der Waals surface area (Å²) in [5.74, 6) is -3.96. The monoisotopic (exact) mass is 606 g/mol. The minimum absolute atomic E-state index is 0.0280. The smallest absolute Gasteiger partial charge is 0.331 e. The molecule has 12 heteroatoms. The standard InChI is InChI=1S/C31H42O12/c1-15(34)40-23-11-30(37)20-4-3-17-8-21-22(43-31(38)24(35)9-18(12-32)41-27(31)42-21)10-29(17,14-33)19(20)5-6-28(30,2)26(23)16-7-25(36)39-13-16/h7,14,17-24,26-27,32,35,37-38H,3-6,8-13H2,1-2H3/t17-,18-,19?,20?,21+,22+,23+,24+,26-,27-,28+,29+,30-,31-/m0/s1. The Hall–Kier alpha value is -1.93. The Balaban J connectivity index is 1.20. The van der Waals surface area contributed by atoms with Gasteiger partial charge in [-0.15, -0.1) is 0 Å². The molecule has 6 fully saturated rings. The first-order valence-corrected chi connectivity index (χ1v) is 15.6. The number of carbonyl (C=O) groups is 3. The van der Waals surface area contributed by atoms with E-state index in [4.69, 9.17) is 23.7 Å². The molecule has 7 rings (SSSR count). The number of rotatable bonds is 4.